The second-order valence-corrected chi connectivity index (χ2v) is 17.0. The lowest BCUT2D eigenvalue weighted by atomic mass is 9.81. The second-order valence-electron chi connectivity index (χ2n) is 17.0. The fraction of sp³-hybridized carbons (Fsp3) is 0.725. The lowest BCUT2D eigenvalue weighted by molar-refractivity contribution is -0.146. The highest BCUT2D eigenvalue weighted by Crippen LogP contribution is 2.34. The van der Waals surface area contributed by atoms with Gasteiger partial charge >= 0.3 is 0 Å². The number of amides is 5. The molecule has 2 saturated carbocycles. The van der Waals surface area contributed by atoms with Crippen LogP contribution in [0.1, 0.15) is 145 Å². The molecule has 0 aromatic carbocycles. The third-order valence-corrected chi connectivity index (χ3v) is 11.4. The fourth-order valence-corrected chi connectivity index (χ4v) is 8.01. The number of hydrogen-bond acceptors (Lipinski definition) is 7. The van der Waals surface area contributed by atoms with Crippen LogP contribution < -0.4 is 21.3 Å². The van der Waals surface area contributed by atoms with Crippen molar-refractivity contribution in [3.8, 4) is 0 Å². The summed E-state index contributed by atoms with van der Waals surface area (Å²) in [5, 5.41) is 11.5. The molecule has 0 radical (unpaired) electrons. The number of nitrogens with one attached hydrogen (secondary N) is 5. The molecular formula is C40H62N6O7. The maximum Gasteiger partial charge on any atom is 0.289 e. The lowest BCUT2D eigenvalue weighted by Crippen LogP contribution is -2.62. The fourth-order valence-electron chi connectivity index (χ4n) is 8.01. The molecule has 3 fully saturated rings. The van der Waals surface area contributed by atoms with Crippen molar-refractivity contribution >= 4 is 41.1 Å². The van der Waals surface area contributed by atoms with Gasteiger partial charge in [-0.3, -0.25) is 33.6 Å². The van der Waals surface area contributed by atoms with Crippen LogP contribution in [0.3, 0.4) is 0 Å². The smallest absolute Gasteiger partial charge is 0.289 e. The third kappa shape index (κ3) is 9.94. The number of H-pyrrole nitrogens is 1. The average molecular weight is 739 g/mol. The Labute approximate surface area is 314 Å². The summed E-state index contributed by atoms with van der Waals surface area (Å²) in [5.74, 6) is -4.02. The number of aryl methyl sites for hydroxylation is 1. The van der Waals surface area contributed by atoms with Crippen molar-refractivity contribution < 1.29 is 33.6 Å². The highest BCUT2D eigenvalue weighted by molar-refractivity contribution is 6.38. The van der Waals surface area contributed by atoms with Crippen LogP contribution >= 0.6 is 0 Å². The van der Waals surface area contributed by atoms with Gasteiger partial charge in [-0.25, -0.2) is 0 Å². The van der Waals surface area contributed by atoms with E-state index in [1.165, 1.54) is 11.8 Å². The van der Waals surface area contributed by atoms with Crippen molar-refractivity contribution in [3.63, 3.8) is 0 Å². The maximum absolute atomic E-state index is 14.7. The molecule has 294 valence electrons. The normalized spacial score (nSPS) is 21.1. The highest BCUT2D eigenvalue weighted by atomic mass is 16.2. The zero-order valence-electron chi connectivity index (χ0n) is 33.2. The first-order chi connectivity index (χ1) is 24.9. The van der Waals surface area contributed by atoms with Crippen LogP contribution in [0.25, 0.3) is 0 Å². The van der Waals surface area contributed by atoms with E-state index < -0.39 is 64.9 Å². The Morgan fingerprint density at radius 1 is 0.887 bits per heavy atom. The third-order valence-electron chi connectivity index (χ3n) is 11.4. The standard InChI is InChI=1S/C40H62N6O7/c1-10-14-28(33(48)38(52)42-26-17-18-26)43-37(51)32-27(21(2)3)19-20-46(32)39(53)34(40(7,8)9)45-35(49)30(25-15-12-11-13-16-25)44-36(50)31-29(24(6)47)22(4)23(5)41-31/h21,25-28,30,32,34,41H,10-20H2,1-9H3,(H,42,52)(H,43,51)(H,44,50)(H,45,49)/t27?,28-,30-,32-,34+/m0/s1. The molecule has 1 aromatic rings. The Bertz CT molecular complexity index is 1570. The molecule has 0 bridgehead atoms. The van der Waals surface area contributed by atoms with E-state index in [-0.39, 0.29) is 53.8 Å². The van der Waals surface area contributed by atoms with Gasteiger partial charge in [-0.05, 0) is 88.0 Å². The van der Waals surface area contributed by atoms with Gasteiger partial charge in [-0.1, -0.05) is 67.2 Å². The van der Waals surface area contributed by atoms with Gasteiger partial charge in [-0.2, -0.15) is 0 Å². The lowest BCUT2D eigenvalue weighted by Gasteiger charge is -2.38. The molecule has 0 spiro atoms. The van der Waals surface area contributed by atoms with Gasteiger partial charge in [-0.15, -0.1) is 0 Å². The summed E-state index contributed by atoms with van der Waals surface area (Å²) >= 11 is 0. The summed E-state index contributed by atoms with van der Waals surface area (Å²) in [6, 6.07) is -3.97. The largest absolute Gasteiger partial charge is 0.354 e. The molecule has 1 aromatic heterocycles. The Hall–Kier alpha value is -4.03. The summed E-state index contributed by atoms with van der Waals surface area (Å²) in [7, 11) is 0. The molecule has 13 heteroatoms. The van der Waals surface area contributed by atoms with Crippen LogP contribution in [-0.4, -0.2) is 87.7 Å². The van der Waals surface area contributed by atoms with Gasteiger partial charge in [0.1, 0.15) is 23.8 Å². The molecule has 1 aliphatic heterocycles. The molecular weight excluding hydrogens is 676 g/mol. The predicted molar refractivity (Wildman–Crippen MR) is 201 cm³/mol. The molecule has 53 heavy (non-hydrogen) atoms. The molecule has 2 heterocycles. The van der Waals surface area contributed by atoms with Crippen LogP contribution in [0.5, 0.6) is 0 Å². The van der Waals surface area contributed by atoms with Gasteiger partial charge in [0.05, 0.1) is 11.6 Å². The van der Waals surface area contributed by atoms with Crippen molar-refractivity contribution in [2.45, 2.75) is 157 Å². The summed E-state index contributed by atoms with van der Waals surface area (Å²) in [5.41, 5.74) is 0.973. The monoisotopic (exact) mass is 738 g/mol. The van der Waals surface area contributed by atoms with Gasteiger partial charge < -0.3 is 31.2 Å². The van der Waals surface area contributed by atoms with Gasteiger partial charge in [0.15, 0.2) is 5.78 Å². The van der Waals surface area contributed by atoms with Crippen molar-refractivity contribution in [2.24, 2.45) is 23.2 Å². The molecule has 5 atom stereocenters. The molecule has 13 nitrogen and oxygen atoms in total. The predicted octanol–water partition coefficient (Wildman–Crippen LogP) is 4.05. The van der Waals surface area contributed by atoms with Gasteiger partial charge in [0.25, 0.3) is 11.8 Å². The van der Waals surface area contributed by atoms with Crippen LogP contribution in [-0.2, 0) is 24.0 Å². The quantitative estimate of drug-likeness (QED) is 0.133. The van der Waals surface area contributed by atoms with Crippen LogP contribution in [0.4, 0.5) is 0 Å². The summed E-state index contributed by atoms with van der Waals surface area (Å²) < 4.78 is 0. The summed E-state index contributed by atoms with van der Waals surface area (Å²) in [6.07, 6.45) is 7.30. The number of nitrogens with zero attached hydrogens (tertiary/aromatic N) is 1. The zero-order chi connectivity index (χ0) is 39.4. The molecule has 5 N–H and O–H groups in total. The number of carbonyl (C=O) groups is 7. The van der Waals surface area contributed by atoms with E-state index >= 15 is 0 Å². The first-order valence-electron chi connectivity index (χ1n) is 19.6. The van der Waals surface area contributed by atoms with Crippen LogP contribution in [0, 0.1) is 37.0 Å². The van der Waals surface area contributed by atoms with Crippen molar-refractivity contribution in [1.29, 1.82) is 0 Å². The number of ketones is 2. The number of aromatic amines is 1. The molecule has 2 aliphatic carbocycles. The van der Waals surface area contributed by atoms with Crippen LogP contribution in [0.2, 0.25) is 0 Å². The van der Waals surface area contributed by atoms with E-state index in [1.807, 2.05) is 41.5 Å². The molecule has 3 aliphatic rings. The first-order valence-corrected chi connectivity index (χ1v) is 19.6. The number of Topliss-reactive ketones (excluding diaryl/α,β-unsaturated/α-hetero) is 2. The SMILES string of the molecule is CCC[C@H](NC(=O)[C@@H]1C(C(C)C)CCN1C(=O)[C@@H](NC(=O)[C@@H](NC(=O)c1[nH]c(C)c(C)c1C(C)=O)C1CCCCC1)C(C)(C)C)C(=O)C(=O)NC1CC1. The van der Waals surface area contributed by atoms with E-state index in [2.05, 4.69) is 26.3 Å². The van der Waals surface area contributed by atoms with Gasteiger partial charge in [0, 0.05) is 18.3 Å². The molecule has 1 saturated heterocycles. The highest BCUT2D eigenvalue weighted by Gasteiger charge is 2.48. The van der Waals surface area contributed by atoms with Crippen molar-refractivity contribution in [2.75, 3.05) is 6.54 Å². The van der Waals surface area contributed by atoms with E-state index in [9.17, 15) is 33.6 Å². The topological polar surface area (TPSA) is 187 Å². The first kappa shape index (κ1) is 41.7. The summed E-state index contributed by atoms with van der Waals surface area (Å²) in [4.78, 5) is 99.9. The Kier molecular flexibility index (Phi) is 13.7. The number of hydrogen-bond donors (Lipinski definition) is 5. The minimum Gasteiger partial charge on any atom is -0.354 e. The molecule has 1 unspecified atom stereocenters. The summed E-state index contributed by atoms with van der Waals surface area (Å²) in [6.45, 7) is 16.6. The number of aromatic nitrogens is 1. The average Bonchev–Trinajstić information content (AvgIpc) is 3.70. The Balaban J connectivity index is 1.60. The number of likely N-dealkylation sites (tertiary alicyclic amines) is 1. The van der Waals surface area contributed by atoms with Gasteiger partial charge in [0.2, 0.25) is 23.5 Å². The molecule has 5 amide bonds. The Morgan fingerprint density at radius 2 is 1.53 bits per heavy atom. The number of carbonyl (C=O) groups excluding carboxylic acids is 7. The van der Waals surface area contributed by atoms with Crippen molar-refractivity contribution in [3.05, 3.63) is 22.5 Å². The second kappa shape index (κ2) is 17.4. The van der Waals surface area contributed by atoms with Crippen molar-refractivity contribution in [1.82, 2.24) is 31.2 Å². The number of rotatable bonds is 15. The zero-order valence-corrected chi connectivity index (χ0v) is 33.2. The van der Waals surface area contributed by atoms with E-state index in [0.717, 1.165) is 44.9 Å². The minimum atomic E-state index is -1.06. The Morgan fingerprint density at radius 3 is 2.08 bits per heavy atom. The van der Waals surface area contributed by atoms with E-state index in [0.29, 0.717) is 24.1 Å². The minimum absolute atomic E-state index is 0.00634. The van der Waals surface area contributed by atoms with E-state index in [1.54, 1.807) is 13.8 Å². The van der Waals surface area contributed by atoms with Crippen LogP contribution in [0.15, 0.2) is 0 Å². The molecule has 4 rings (SSSR count). The maximum atomic E-state index is 14.7. The van der Waals surface area contributed by atoms with E-state index in [4.69, 9.17) is 0 Å².